The summed E-state index contributed by atoms with van der Waals surface area (Å²) in [6.45, 7) is 5.28. The maximum Gasteiger partial charge on any atom is 0.317 e. The SMILES string of the molecule is O=C(NCCCN1CCCCC1CO)N1CCN(c2ccccc2F)CC1. The molecule has 150 valence electrons. The first-order valence-corrected chi connectivity index (χ1v) is 10.1. The van der Waals surface area contributed by atoms with Crippen LogP contribution in [0.5, 0.6) is 0 Å². The molecular formula is C20H31FN4O2. The quantitative estimate of drug-likeness (QED) is 0.743. The van der Waals surface area contributed by atoms with Gasteiger partial charge in [-0.15, -0.1) is 0 Å². The Kier molecular flexibility index (Phi) is 7.29. The molecular weight excluding hydrogens is 347 g/mol. The number of carbonyl (C=O) groups excluding carboxylic acids is 1. The standard InChI is InChI=1S/C20H31FN4O2/c21-18-7-1-2-8-19(18)24-12-14-25(15-13-24)20(27)22-9-5-11-23-10-4-3-6-17(23)16-26/h1-2,7-8,17,26H,3-6,9-16H2,(H,22,27). The van der Waals surface area contributed by atoms with Crippen molar-refractivity contribution in [2.45, 2.75) is 31.7 Å². The molecule has 2 amide bonds. The second-order valence-corrected chi connectivity index (χ2v) is 7.38. The van der Waals surface area contributed by atoms with Gasteiger partial charge in [-0.3, -0.25) is 4.90 Å². The molecule has 0 spiro atoms. The molecule has 0 aromatic heterocycles. The highest BCUT2D eigenvalue weighted by molar-refractivity contribution is 5.74. The van der Waals surface area contributed by atoms with Crippen LogP contribution in [0.15, 0.2) is 24.3 Å². The van der Waals surface area contributed by atoms with E-state index in [2.05, 4.69) is 10.2 Å². The van der Waals surface area contributed by atoms with E-state index in [1.165, 1.54) is 18.9 Å². The van der Waals surface area contributed by atoms with Crippen molar-refractivity contribution >= 4 is 11.7 Å². The van der Waals surface area contributed by atoms with E-state index >= 15 is 0 Å². The summed E-state index contributed by atoms with van der Waals surface area (Å²) in [6, 6.07) is 7.02. The zero-order valence-corrected chi connectivity index (χ0v) is 15.9. The number of piperidine rings is 1. The topological polar surface area (TPSA) is 59.1 Å². The van der Waals surface area contributed by atoms with Crippen LogP contribution >= 0.6 is 0 Å². The van der Waals surface area contributed by atoms with Gasteiger partial charge in [-0.25, -0.2) is 9.18 Å². The second-order valence-electron chi connectivity index (χ2n) is 7.38. The molecule has 1 aromatic rings. The van der Waals surface area contributed by atoms with Crippen LogP contribution in [-0.4, -0.2) is 79.4 Å². The van der Waals surface area contributed by atoms with Gasteiger partial charge < -0.3 is 20.2 Å². The molecule has 2 heterocycles. The van der Waals surface area contributed by atoms with Crippen LogP contribution in [-0.2, 0) is 0 Å². The minimum absolute atomic E-state index is 0.0412. The van der Waals surface area contributed by atoms with Crippen molar-refractivity contribution in [1.82, 2.24) is 15.1 Å². The van der Waals surface area contributed by atoms with E-state index < -0.39 is 0 Å². The smallest absolute Gasteiger partial charge is 0.317 e. The average molecular weight is 378 g/mol. The number of hydrogen-bond acceptors (Lipinski definition) is 4. The summed E-state index contributed by atoms with van der Waals surface area (Å²) < 4.78 is 13.9. The lowest BCUT2D eigenvalue weighted by molar-refractivity contribution is 0.0892. The van der Waals surface area contributed by atoms with Crippen LogP contribution in [0, 0.1) is 5.82 Å². The van der Waals surface area contributed by atoms with Crippen molar-refractivity contribution < 1.29 is 14.3 Å². The fourth-order valence-electron chi connectivity index (χ4n) is 4.01. The number of para-hydroxylation sites is 1. The summed E-state index contributed by atoms with van der Waals surface area (Å²) in [5, 5.41) is 12.4. The molecule has 3 rings (SSSR count). The van der Waals surface area contributed by atoms with Gasteiger partial charge in [-0.05, 0) is 37.9 Å². The number of nitrogens with one attached hydrogen (secondary N) is 1. The number of amides is 2. The Labute approximate surface area is 160 Å². The lowest BCUT2D eigenvalue weighted by atomic mass is 10.0. The Morgan fingerprint density at radius 2 is 1.93 bits per heavy atom. The average Bonchev–Trinajstić information content (AvgIpc) is 2.72. The van der Waals surface area contributed by atoms with Gasteiger partial charge in [0, 0.05) is 45.3 Å². The minimum atomic E-state index is -0.214. The molecule has 0 saturated carbocycles. The molecule has 2 aliphatic rings. The Hall–Kier alpha value is -1.86. The fraction of sp³-hybridized carbons (Fsp3) is 0.650. The summed E-state index contributed by atoms with van der Waals surface area (Å²) in [5.41, 5.74) is 0.609. The first-order valence-electron chi connectivity index (χ1n) is 10.1. The number of carbonyl (C=O) groups is 1. The van der Waals surface area contributed by atoms with Gasteiger partial charge in [0.15, 0.2) is 0 Å². The molecule has 2 N–H and O–H groups in total. The number of nitrogens with zero attached hydrogens (tertiary/aromatic N) is 3. The van der Waals surface area contributed by atoms with E-state index in [0.717, 1.165) is 25.9 Å². The van der Waals surface area contributed by atoms with Crippen LogP contribution in [0.2, 0.25) is 0 Å². The second kappa shape index (κ2) is 9.90. The number of halogens is 1. The zero-order chi connectivity index (χ0) is 19.1. The number of piperazine rings is 1. The zero-order valence-electron chi connectivity index (χ0n) is 15.9. The lowest BCUT2D eigenvalue weighted by Gasteiger charge is -2.36. The largest absolute Gasteiger partial charge is 0.395 e. The van der Waals surface area contributed by atoms with E-state index in [1.54, 1.807) is 17.0 Å². The third kappa shape index (κ3) is 5.32. The molecule has 0 radical (unpaired) electrons. The number of aliphatic hydroxyl groups is 1. The van der Waals surface area contributed by atoms with Gasteiger partial charge in [-0.2, -0.15) is 0 Å². The molecule has 2 fully saturated rings. The third-order valence-electron chi connectivity index (χ3n) is 5.62. The lowest BCUT2D eigenvalue weighted by Crippen LogP contribution is -2.52. The van der Waals surface area contributed by atoms with Crippen molar-refractivity contribution in [3.8, 4) is 0 Å². The number of urea groups is 1. The summed E-state index contributed by atoms with van der Waals surface area (Å²) in [6.07, 6.45) is 4.33. The summed E-state index contributed by atoms with van der Waals surface area (Å²) in [5.74, 6) is -0.214. The van der Waals surface area contributed by atoms with Gasteiger partial charge in [0.25, 0.3) is 0 Å². The van der Waals surface area contributed by atoms with Crippen molar-refractivity contribution in [3.05, 3.63) is 30.1 Å². The predicted octanol–water partition coefficient (Wildman–Crippen LogP) is 1.89. The molecule has 6 nitrogen and oxygen atoms in total. The highest BCUT2D eigenvalue weighted by atomic mass is 19.1. The maximum absolute atomic E-state index is 13.9. The predicted molar refractivity (Wildman–Crippen MR) is 104 cm³/mol. The van der Waals surface area contributed by atoms with Crippen LogP contribution in [0.3, 0.4) is 0 Å². The van der Waals surface area contributed by atoms with E-state index in [1.807, 2.05) is 11.0 Å². The maximum atomic E-state index is 13.9. The van der Waals surface area contributed by atoms with Crippen molar-refractivity contribution in [2.24, 2.45) is 0 Å². The Balaban J connectivity index is 1.35. The summed E-state index contributed by atoms with van der Waals surface area (Å²) in [7, 11) is 0. The minimum Gasteiger partial charge on any atom is -0.395 e. The normalized spacial score (nSPS) is 21.3. The Bertz CT molecular complexity index is 607. The van der Waals surface area contributed by atoms with E-state index in [-0.39, 0.29) is 24.5 Å². The van der Waals surface area contributed by atoms with E-state index in [4.69, 9.17) is 0 Å². The van der Waals surface area contributed by atoms with Gasteiger partial charge in [0.2, 0.25) is 0 Å². The molecule has 27 heavy (non-hydrogen) atoms. The number of rotatable bonds is 6. The van der Waals surface area contributed by atoms with Crippen molar-refractivity contribution in [3.63, 3.8) is 0 Å². The molecule has 2 saturated heterocycles. The number of anilines is 1. The van der Waals surface area contributed by atoms with Gasteiger partial charge >= 0.3 is 6.03 Å². The van der Waals surface area contributed by atoms with Gasteiger partial charge in [-0.1, -0.05) is 18.6 Å². The number of likely N-dealkylation sites (tertiary alicyclic amines) is 1. The summed E-state index contributed by atoms with van der Waals surface area (Å²) >= 11 is 0. The first kappa shape index (κ1) is 19.9. The van der Waals surface area contributed by atoms with E-state index in [9.17, 15) is 14.3 Å². The van der Waals surface area contributed by atoms with Crippen LogP contribution in [0.4, 0.5) is 14.9 Å². The Morgan fingerprint density at radius 1 is 1.15 bits per heavy atom. The van der Waals surface area contributed by atoms with Crippen LogP contribution in [0.25, 0.3) is 0 Å². The summed E-state index contributed by atoms with van der Waals surface area (Å²) in [4.78, 5) is 18.5. The third-order valence-corrected chi connectivity index (χ3v) is 5.62. The molecule has 1 atom stereocenters. The molecule has 0 aliphatic carbocycles. The number of hydrogen-bond donors (Lipinski definition) is 2. The molecule has 0 bridgehead atoms. The fourth-order valence-corrected chi connectivity index (χ4v) is 4.01. The van der Waals surface area contributed by atoms with Crippen LogP contribution in [0.1, 0.15) is 25.7 Å². The molecule has 1 aromatic carbocycles. The van der Waals surface area contributed by atoms with E-state index in [0.29, 0.717) is 38.4 Å². The van der Waals surface area contributed by atoms with Gasteiger partial charge in [0.1, 0.15) is 5.82 Å². The van der Waals surface area contributed by atoms with Gasteiger partial charge in [0.05, 0.1) is 12.3 Å². The number of benzene rings is 1. The number of aliphatic hydroxyl groups excluding tert-OH is 1. The highest BCUT2D eigenvalue weighted by Crippen LogP contribution is 2.20. The van der Waals surface area contributed by atoms with Crippen molar-refractivity contribution in [2.75, 3.05) is 57.3 Å². The molecule has 2 aliphatic heterocycles. The first-order chi connectivity index (χ1) is 13.2. The Morgan fingerprint density at radius 3 is 2.67 bits per heavy atom. The van der Waals surface area contributed by atoms with Crippen LogP contribution < -0.4 is 10.2 Å². The molecule has 1 unspecified atom stereocenters. The molecule has 7 heteroatoms. The monoisotopic (exact) mass is 378 g/mol. The highest BCUT2D eigenvalue weighted by Gasteiger charge is 2.23. The van der Waals surface area contributed by atoms with Crippen molar-refractivity contribution in [1.29, 1.82) is 0 Å².